The number of hydrogen-bond donors (Lipinski definition) is 0. The maximum Gasteiger partial charge on any atom is 0.286 e. The van der Waals surface area contributed by atoms with Crippen LogP contribution in [-0.2, 0) is 4.79 Å². The van der Waals surface area contributed by atoms with E-state index in [1.165, 1.54) is 12.1 Å². The minimum absolute atomic E-state index is 0.324. The van der Waals surface area contributed by atoms with Crippen molar-refractivity contribution in [3.05, 3.63) is 76.4 Å². The molecule has 0 spiro atoms. The maximum atomic E-state index is 13.7. The minimum Gasteiger partial charge on any atom is -0.266 e. The lowest BCUT2D eigenvalue weighted by Gasteiger charge is -2.05. The summed E-state index contributed by atoms with van der Waals surface area (Å²) in [4.78, 5) is 12.7. The van der Waals surface area contributed by atoms with Gasteiger partial charge < -0.3 is 0 Å². The number of hydrazone groups is 1. The number of rotatable bonds is 3. The molecule has 23 heavy (non-hydrogen) atoms. The summed E-state index contributed by atoms with van der Waals surface area (Å²) in [7, 11) is 0. The summed E-state index contributed by atoms with van der Waals surface area (Å²) < 4.78 is 14.0. The van der Waals surface area contributed by atoms with Gasteiger partial charge in [0.1, 0.15) is 5.82 Å². The molecule has 0 saturated carbocycles. The van der Waals surface area contributed by atoms with Crippen molar-refractivity contribution in [1.82, 2.24) is 5.01 Å². The third-order valence-corrected chi connectivity index (χ3v) is 4.37. The van der Waals surface area contributed by atoms with E-state index in [0.29, 0.717) is 14.8 Å². The Balaban J connectivity index is 1.83. The van der Waals surface area contributed by atoms with Crippen molar-refractivity contribution in [3.8, 4) is 0 Å². The summed E-state index contributed by atoms with van der Waals surface area (Å²) in [5.41, 5.74) is 1.21. The first-order valence-corrected chi connectivity index (χ1v) is 7.99. The third-order valence-electron chi connectivity index (χ3n) is 3.09. The van der Waals surface area contributed by atoms with Gasteiger partial charge in [-0.15, -0.1) is 0 Å². The highest BCUT2D eigenvalue weighted by Gasteiger charge is 2.32. The summed E-state index contributed by atoms with van der Waals surface area (Å²) in [5, 5.41) is 5.28. The fraction of sp³-hybridized carbons (Fsp3) is 0. The number of carbonyl (C=O) groups is 1. The van der Waals surface area contributed by atoms with Crippen LogP contribution in [0.4, 0.5) is 4.39 Å². The number of thiocarbonyl (C=S) groups is 1. The zero-order valence-electron chi connectivity index (χ0n) is 11.8. The first-order chi connectivity index (χ1) is 11.1. The Morgan fingerprint density at radius 3 is 2.52 bits per heavy atom. The minimum atomic E-state index is -0.384. The van der Waals surface area contributed by atoms with Crippen LogP contribution in [0.5, 0.6) is 0 Å². The van der Waals surface area contributed by atoms with Crippen molar-refractivity contribution in [3.63, 3.8) is 0 Å². The van der Waals surface area contributed by atoms with E-state index in [1.807, 2.05) is 30.3 Å². The number of thioether (sulfide) groups is 1. The van der Waals surface area contributed by atoms with Crippen LogP contribution in [-0.4, -0.2) is 21.5 Å². The molecule has 1 heterocycles. The van der Waals surface area contributed by atoms with Crippen molar-refractivity contribution in [2.24, 2.45) is 5.10 Å². The second kappa shape index (κ2) is 6.85. The van der Waals surface area contributed by atoms with Crippen LogP contribution in [0.2, 0.25) is 0 Å². The number of carbonyl (C=O) groups excluding carboxylic acids is 1. The molecule has 0 aromatic heterocycles. The van der Waals surface area contributed by atoms with E-state index < -0.39 is 0 Å². The molecule has 1 aliphatic rings. The largest absolute Gasteiger partial charge is 0.286 e. The predicted molar refractivity (Wildman–Crippen MR) is 95.4 cm³/mol. The molecule has 3 nitrogen and oxygen atoms in total. The Morgan fingerprint density at radius 2 is 1.78 bits per heavy atom. The van der Waals surface area contributed by atoms with Crippen molar-refractivity contribution in [1.29, 1.82) is 0 Å². The summed E-state index contributed by atoms with van der Waals surface area (Å²) in [6.45, 7) is 0. The third kappa shape index (κ3) is 3.55. The Morgan fingerprint density at radius 1 is 1.09 bits per heavy atom. The highest BCUT2D eigenvalue weighted by atomic mass is 32.2. The molecule has 6 heteroatoms. The number of halogens is 1. The monoisotopic (exact) mass is 342 g/mol. The number of hydrogen-bond acceptors (Lipinski definition) is 4. The summed E-state index contributed by atoms with van der Waals surface area (Å²) in [6, 6.07) is 15.7. The number of nitrogens with zero attached hydrogens (tertiary/aromatic N) is 2. The maximum absolute atomic E-state index is 13.7. The molecular formula is C17H11FN2OS2. The van der Waals surface area contributed by atoms with Gasteiger partial charge in [-0.25, -0.2) is 4.39 Å². The molecule has 2 aromatic carbocycles. The fourth-order valence-corrected chi connectivity index (χ4v) is 3.12. The van der Waals surface area contributed by atoms with Gasteiger partial charge in [-0.05, 0) is 29.9 Å². The molecular weight excluding hydrogens is 331 g/mol. The lowest BCUT2D eigenvalue weighted by Crippen LogP contribution is -2.22. The zero-order chi connectivity index (χ0) is 16.2. The van der Waals surface area contributed by atoms with E-state index in [9.17, 15) is 9.18 Å². The number of benzene rings is 2. The molecule has 2 aromatic rings. The molecule has 0 unspecified atom stereocenters. The Hall–Kier alpha value is -2.31. The van der Waals surface area contributed by atoms with Gasteiger partial charge in [0.2, 0.25) is 0 Å². The molecule has 1 saturated heterocycles. The summed E-state index contributed by atoms with van der Waals surface area (Å²) >= 11 is 6.29. The van der Waals surface area contributed by atoms with Crippen LogP contribution >= 0.6 is 24.0 Å². The van der Waals surface area contributed by atoms with E-state index in [2.05, 4.69) is 5.10 Å². The SMILES string of the molecule is O=C1/C(=C\c2ccccc2F)SC(=S)N1/N=C/c1ccccc1. The van der Waals surface area contributed by atoms with Gasteiger partial charge >= 0.3 is 0 Å². The van der Waals surface area contributed by atoms with E-state index in [1.54, 1.807) is 24.4 Å². The molecule has 0 radical (unpaired) electrons. The molecule has 0 aliphatic carbocycles. The number of amides is 1. The normalized spacial score (nSPS) is 16.7. The van der Waals surface area contributed by atoms with Crippen LogP contribution in [0.1, 0.15) is 11.1 Å². The van der Waals surface area contributed by atoms with E-state index in [4.69, 9.17) is 12.2 Å². The highest BCUT2D eigenvalue weighted by molar-refractivity contribution is 8.26. The molecule has 0 atom stereocenters. The van der Waals surface area contributed by atoms with Gasteiger partial charge in [-0.1, -0.05) is 60.3 Å². The summed E-state index contributed by atoms with van der Waals surface area (Å²) in [6.07, 6.45) is 3.06. The van der Waals surface area contributed by atoms with Crippen LogP contribution in [0, 0.1) is 5.82 Å². The quantitative estimate of drug-likeness (QED) is 0.479. The molecule has 1 amide bonds. The van der Waals surface area contributed by atoms with Crippen LogP contribution in [0.25, 0.3) is 6.08 Å². The van der Waals surface area contributed by atoms with Gasteiger partial charge in [0.25, 0.3) is 5.91 Å². The van der Waals surface area contributed by atoms with Crippen LogP contribution < -0.4 is 0 Å². The average molecular weight is 342 g/mol. The standard InChI is InChI=1S/C17H11FN2OS2/c18-14-9-5-4-8-13(14)10-15-16(21)20(17(22)23-15)19-11-12-6-2-1-3-7-12/h1-11H/b15-10+,19-11+. The topological polar surface area (TPSA) is 32.7 Å². The second-order valence-electron chi connectivity index (χ2n) is 4.67. The second-order valence-corrected chi connectivity index (χ2v) is 6.35. The van der Waals surface area contributed by atoms with Crippen LogP contribution in [0.3, 0.4) is 0 Å². The average Bonchev–Trinajstić information content (AvgIpc) is 2.82. The highest BCUT2D eigenvalue weighted by Crippen LogP contribution is 2.33. The molecule has 1 fully saturated rings. The van der Waals surface area contributed by atoms with Gasteiger partial charge in [0, 0.05) is 5.56 Å². The first-order valence-electron chi connectivity index (χ1n) is 6.76. The van der Waals surface area contributed by atoms with Gasteiger partial charge in [0.15, 0.2) is 4.32 Å². The van der Waals surface area contributed by atoms with E-state index in [-0.39, 0.29) is 11.7 Å². The van der Waals surface area contributed by atoms with Crippen molar-refractivity contribution < 1.29 is 9.18 Å². The van der Waals surface area contributed by atoms with E-state index >= 15 is 0 Å². The van der Waals surface area contributed by atoms with Gasteiger partial charge in [-0.2, -0.15) is 10.1 Å². The molecule has 0 N–H and O–H groups in total. The lowest BCUT2D eigenvalue weighted by molar-refractivity contribution is -0.122. The molecule has 1 aliphatic heterocycles. The lowest BCUT2D eigenvalue weighted by atomic mass is 10.2. The molecule has 114 valence electrons. The van der Waals surface area contributed by atoms with Gasteiger partial charge in [0.05, 0.1) is 11.1 Å². The molecule has 3 rings (SSSR count). The predicted octanol–water partition coefficient (Wildman–Crippen LogP) is 4.06. The van der Waals surface area contributed by atoms with Crippen molar-refractivity contribution >= 4 is 46.5 Å². The zero-order valence-corrected chi connectivity index (χ0v) is 13.5. The Kier molecular flexibility index (Phi) is 4.64. The Labute approximate surface area is 142 Å². The Bertz CT molecular complexity index is 818. The van der Waals surface area contributed by atoms with Crippen LogP contribution in [0.15, 0.2) is 64.6 Å². The van der Waals surface area contributed by atoms with Crippen molar-refractivity contribution in [2.45, 2.75) is 0 Å². The first kappa shape index (κ1) is 15.6. The fourth-order valence-electron chi connectivity index (χ4n) is 1.96. The summed E-state index contributed by atoms with van der Waals surface area (Å²) in [5.74, 6) is -0.735. The van der Waals surface area contributed by atoms with Crippen molar-refractivity contribution in [2.75, 3.05) is 0 Å². The van der Waals surface area contributed by atoms with Gasteiger partial charge in [-0.3, -0.25) is 4.79 Å². The smallest absolute Gasteiger partial charge is 0.266 e. The molecule has 0 bridgehead atoms. The van der Waals surface area contributed by atoms with E-state index in [0.717, 1.165) is 22.3 Å².